The first-order chi connectivity index (χ1) is 14.0. The first-order valence-corrected chi connectivity index (χ1v) is 9.25. The van der Waals surface area contributed by atoms with E-state index in [0.29, 0.717) is 10.7 Å². The van der Waals surface area contributed by atoms with Gasteiger partial charge >= 0.3 is 12.1 Å². The number of thiazole rings is 1. The molecule has 0 bridgehead atoms. The highest BCUT2D eigenvalue weighted by Gasteiger charge is 2.21. The maximum atomic E-state index is 12.9. The minimum absolute atomic E-state index is 0.145. The summed E-state index contributed by atoms with van der Waals surface area (Å²) in [5.74, 6) is -1.12. The molecule has 1 aromatic heterocycles. The van der Waals surface area contributed by atoms with Crippen LogP contribution in [0.4, 0.5) is 14.9 Å². The average molecular weight is 411 g/mol. The zero-order chi connectivity index (χ0) is 20.8. The molecule has 2 N–H and O–H groups in total. The van der Waals surface area contributed by atoms with Gasteiger partial charge < -0.3 is 14.8 Å². The fourth-order valence-corrected chi connectivity index (χ4v) is 3.40. The van der Waals surface area contributed by atoms with E-state index >= 15 is 0 Å². The summed E-state index contributed by atoms with van der Waals surface area (Å²) in [6.07, 6.45) is -0.674. The van der Waals surface area contributed by atoms with Crippen molar-refractivity contribution in [1.82, 2.24) is 4.98 Å². The Labute approximate surface area is 170 Å². The molecular formula is C20H17N3O5S. The summed E-state index contributed by atoms with van der Waals surface area (Å²) < 4.78 is 9.33. The Morgan fingerprint density at radius 2 is 1.52 bits per heavy atom. The second-order valence-electron chi connectivity index (χ2n) is 5.67. The molecule has 2 aromatic carbocycles. The monoisotopic (exact) mass is 411 g/mol. The molecule has 148 valence electrons. The Balaban J connectivity index is 1.97. The third-order valence-corrected chi connectivity index (χ3v) is 4.76. The van der Waals surface area contributed by atoms with Gasteiger partial charge in [0.15, 0.2) is 5.13 Å². The Morgan fingerprint density at radius 1 is 0.862 bits per heavy atom. The van der Waals surface area contributed by atoms with Crippen LogP contribution in [-0.4, -0.2) is 37.2 Å². The van der Waals surface area contributed by atoms with Gasteiger partial charge in [-0.25, -0.2) is 14.6 Å². The lowest BCUT2D eigenvalue weighted by atomic mass is 10.1. The van der Waals surface area contributed by atoms with Crippen LogP contribution in [-0.2, 0) is 9.47 Å². The normalized spacial score (nSPS) is 10.1. The molecule has 0 aliphatic carbocycles. The van der Waals surface area contributed by atoms with Gasteiger partial charge in [0.05, 0.1) is 25.3 Å². The Morgan fingerprint density at radius 3 is 2.17 bits per heavy atom. The third-order valence-electron chi connectivity index (χ3n) is 3.87. The summed E-state index contributed by atoms with van der Waals surface area (Å²) in [6.45, 7) is 0. The number of methoxy groups -OCH3 is 2. The Bertz CT molecular complexity index is 1050. The van der Waals surface area contributed by atoms with E-state index in [1.54, 1.807) is 12.1 Å². The van der Waals surface area contributed by atoms with Crippen molar-refractivity contribution in [1.29, 1.82) is 0 Å². The summed E-state index contributed by atoms with van der Waals surface area (Å²) in [4.78, 5) is 40.8. The van der Waals surface area contributed by atoms with E-state index in [1.807, 2.05) is 30.3 Å². The van der Waals surface area contributed by atoms with E-state index in [9.17, 15) is 14.4 Å². The van der Waals surface area contributed by atoms with E-state index in [4.69, 9.17) is 4.74 Å². The number of nitrogens with zero attached hydrogens (tertiary/aromatic N) is 1. The smallest absolute Gasteiger partial charge is 0.413 e. The van der Waals surface area contributed by atoms with Gasteiger partial charge in [-0.3, -0.25) is 10.1 Å². The minimum atomic E-state index is -0.674. The van der Waals surface area contributed by atoms with Gasteiger partial charge in [0.2, 0.25) is 0 Å². The fourth-order valence-electron chi connectivity index (χ4n) is 2.53. The Kier molecular flexibility index (Phi) is 6.20. The summed E-state index contributed by atoms with van der Waals surface area (Å²) in [7, 11) is 2.49. The number of esters is 1. The summed E-state index contributed by atoms with van der Waals surface area (Å²) in [5.41, 5.74) is 1.53. The van der Waals surface area contributed by atoms with Crippen molar-refractivity contribution in [3.63, 3.8) is 0 Å². The van der Waals surface area contributed by atoms with Crippen molar-refractivity contribution in [2.45, 2.75) is 0 Å². The molecule has 0 aliphatic rings. The second kappa shape index (κ2) is 8.98. The number of benzene rings is 2. The number of carbonyl (C=O) groups excluding carboxylic acids is 3. The van der Waals surface area contributed by atoms with Gasteiger partial charge in [-0.2, -0.15) is 0 Å². The fraction of sp³-hybridized carbons (Fsp3) is 0.100. The average Bonchev–Trinajstić information content (AvgIpc) is 3.15. The SMILES string of the molecule is COC(=O)Nc1nc(-c2ccccc2)c(NC(=O)c2ccccc2C(=O)OC)s1. The zero-order valence-corrected chi connectivity index (χ0v) is 16.4. The summed E-state index contributed by atoms with van der Waals surface area (Å²) in [5, 5.41) is 5.93. The van der Waals surface area contributed by atoms with Crippen LogP contribution in [0, 0.1) is 0 Å². The molecule has 3 rings (SSSR count). The third kappa shape index (κ3) is 4.58. The number of rotatable bonds is 5. The maximum Gasteiger partial charge on any atom is 0.413 e. The van der Waals surface area contributed by atoms with Crippen LogP contribution < -0.4 is 10.6 Å². The molecule has 0 atom stereocenters. The predicted octanol–water partition coefficient (Wildman–Crippen LogP) is 4.03. The van der Waals surface area contributed by atoms with Crippen molar-refractivity contribution in [2.24, 2.45) is 0 Å². The topological polar surface area (TPSA) is 107 Å². The number of carbonyl (C=O) groups is 3. The van der Waals surface area contributed by atoms with Crippen molar-refractivity contribution in [3.8, 4) is 11.3 Å². The molecule has 0 saturated heterocycles. The molecule has 8 nitrogen and oxygen atoms in total. The molecule has 0 radical (unpaired) electrons. The molecule has 0 saturated carbocycles. The quantitative estimate of drug-likeness (QED) is 0.614. The van der Waals surface area contributed by atoms with Crippen molar-refractivity contribution < 1.29 is 23.9 Å². The molecular weight excluding hydrogens is 394 g/mol. The summed E-state index contributed by atoms with van der Waals surface area (Å²) >= 11 is 1.07. The van der Waals surface area contributed by atoms with E-state index in [-0.39, 0.29) is 16.3 Å². The van der Waals surface area contributed by atoms with Crippen LogP contribution in [0.15, 0.2) is 54.6 Å². The first-order valence-electron chi connectivity index (χ1n) is 8.43. The summed E-state index contributed by atoms with van der Waals surface area (Å²) in [6, 6.07) is 15.5. The lowest BCUT2D eigenvalue weighted by Crippen LogP contribution is -2.17. The lowest BCUT2D eigenvalue weighted by molar-refractivity contribution is 0.0597. The van der Waals surface area contributed by atoms with Crippen molar-refractivity contribution in [3.05, 3.63) is 65.7 Å². The van der Waals surface area contributed by atoms with Crippen LogP contribution in [0.2, 0.25) is 0 Å². The highest BCUT2D eigenvalue weighted by atomic mass is 32.1. The van der Waals surface area contributed by atoms with Crippen molar-refractivity contribution >= 4 is 39.4 Å². The number of amides is 2. The molecule has 0 unspecified atom stereocenters. The molecule has 2 amide bonds. The van der Waals surface area contributed by atoms with E-state index < -0.39 is 18.0 Å². The lowest BCUT2D eigenvalue weighted by Gasteiger charge is -2.08. The standard InChI is InChI=1S/C20H17N3O5S/c1-27-18(25)14-11-7-6-10-13(14)16(24)22-17-15(12-8-4-3-5-9-12)21-19(29-17)23-20(26)28-2/h3-11H,1-2H3,(H,22,24)(H,21,23,26). The van der Waals surface area contributed by atoms with E-state index in [0.717, 1.165) is 16.9 Å². The van der Waals surface area contributed by atoms with Gasteiger partial charge in [-0.05, 0) is 12.1 Å². The van der Waals surface area contributed by atoms with Crippen LogP contribution in [0.5, 0.6) is 0 Å². The number of nitrogens with one attached hydrogen (secondary N) is 2. The molecule has 9 heteroatoms. The number of hydrogen-bond acceptors (Lipinski definition) is 7. The van der Waals surface area contributed by atoms with Gasteiger partial charge in [-0.15, -0.1) is 0 Å². The van der Waals surface area contributed by atoms with Gasteiger partial charge in [0, 0.05) is 5.56 Å². The minimum Gasteiger partial charge on any atom is -0.465 e. The van der Waals surface area contributed by atoms with Crippen LogP contribution in [0.1, 0.15) is 20.7 Å². The van der Waals surface area contributed by atoms with Crippen LogP contribution in [0.3, 0.4) is 0 Å². The second-order valence-corrected chi connectivity index (χ2v) is 6.67. The molecule has 29 heavy (non-hydrogen) atoms. The van der Waals surface area contributed by atoms with Crippen LogP contribution in [0.25, 0.3) is 11.3 Å². The van der Waals surface area contributed by atoms with Crippen molar-refractivity contribution in [2.75, 3.05) is 24.9 Å². The molecule has 0 fully saturated rings. The molecule has 0 aliphatic heterocycles. The first kappa shape index (κ1) is 20.0. The number of ether oxygens (including phenoxy) is 2. The molecule has 0 spiro atoms. The maximum absolute atomic E-state index is 12.9. The molecule has 1 heterocycles. The number of aromatic nitrogens is 1. The van der Waals surface area contributed by atoms with E-state index in [2.05, 4.69) is 20.4 Å². The zero-order valence-electron chi connectivity index (χ0n) is 15.6. The Hall–Kier alpha value is -3.72. The largest absolute Gasteiger partial charge is 0.465 e. The number of anilines is 2. The highest BCUT2D eigenvalue weighted by Crippen LogP contribution is 2.36. The highest BCUT2D eigenvalue weighted by molar-refractivity contribution is 7.20. The van der Waals surface area contributed by atoms with Gasteiger partial charge in [0.25, 0.3) is 5.91 Å². The van der Waals surface area contributed by atoms with Gasteiger partial charge in [0.1, 0.15) is 10.7 Å². The predicted molar refractivity (Wildman–Crippen MR) is 109 cm³/mol. The van der Waals surface area contributed by atoms with Crippen LogP contribution >= 0.6 is 11.3 Å². The van der Waals surface area contributed by atoms with E-state index in [1.165, 1.54) is 26.4 Å². The number of hydrogen-bond donors (Lipinski definition) is 2. The molecule has 3 aromatic rings. The van der Waals surface area contributed by atoms with Gasteiger partial charge in [-0.1, -0.05) is 53.8 Å².